The Labute approximate surface area is 152 Å². The number of nitrogens with one attached hydrogen (secondary N) is 1. The van der Waals surface area contributed by atoms with Gasteiger partial charge in [0, 0.05) is 30.4 Å². The normalized spacial score (nSPS) is 13.8. The molecular weight excluding hydrogens is 352 g/mol. The molecule has 0 radical (unpaired) electrons. The summed E-state index contributed by atoms with van der Waals surface area (Å²) >= 11 is 0. The predicted molar refractivity (Wildman–Crippen MR) is 100 cm³/mol. The van der Waals surface area contributed by atoms with Crippen LogP contribution < -0.4 is 9.62 Å². The molecule has 1 N–H and O–H groups in total. The average molecular weight is 372 g/mol. The molecule has 1 aliphatic heterocycles. The van der Waals surface area contributed by atoms with E-state index in [0.29, 0.717) is 17.8 Å². The summed E-state index contributed by atoms with van der Waals surface area (Å²) in [5.41, 5.74) is 2.53. The van der Waals surface area contributed by atoms with Gasteiger partial charge in [0.1, 0.15) is 0 Å². The Balaban J connectivity index is 1.88. The van der Waals surface area contributed by atoms with Crippen molar-refractivity contribution in [2.75, 3.05) is 16.2 Å². The molecule has 0 saturated carbocycles. The largest absolute Gasteiger partial charge is 0.312 e. The summed E-state index contributed by atoms with van der Waals surface area (Å²) in [6.45, 7) is 3.61. The summed E-state index contributed by atoms with van der Waals surface area (Å²) in [7, 11) is -3.76. The topological polar surface area (TPSA) is 83.6 Å². The van der Waals surface area contributed by atoms with Crippen LogP contribution in [0.15, 0.2) is 47.4 Å². The Kier molecular flexibility index (Phi) is 4.82. The Bertz CT molecular complexity index is 966. The van der Waals surface area contributed by atoms with Crippen molar-refractivity contribution < 1.29 is 18.0 Å². The van der Waals surface area contributed by atoms with Gasteiger partial charge in [-0.05, 0) is 67.8 Å². The van der Waals surface area contributed by atoms with Crippen molar-refractivity contribution in [2.24, 2.45) is 0 Å². The molecule has 1 aliphatic rings. The highest BCUT2D eigenvalue weighted by Crippen LogP contribution is 2.30. The number of Topliss-reactive ketones (excluding diaryl/α,β-unsaturated/α-hetero) is 1. The van der Waals surface area contributed by atoms with E-state index in [-0.39, 0.29) is 16.6 Å². The smallest absolute Gasteiger partial charge is 0.261 e. The number of ketones is 1. The molecular formula is C19H20N2O4S. The van der Waals surface area contributed by atoms with Gasteiger partial charge in [-0.15, -0.1) is 0 Å². The van der Waals surface area contributed by atoms with E-state index in [1.165, 1.54) is 19.9 Å². The Morgan fingerprint density at radius 2 is 1.73 bits per heavy atom. The molecule has 0 aliphatic carbocycles. The van der Waals surface area contributed by atoms with Gasteiger partial charge in [0.25, 0.3) is 10.0 Å². The molecule has 2 aromatic carbocycles. The van der Waals surface area contributed by atoms with Crippen molar-refractivity contribution in [3.8, 4) is 0 Å². The number of anilines is 2. The fraction of sp³-hybridized carbons (Fsp3) is 0.263. The van der Waals surface area contributed by atoms with Gasteiger partial charge in [-0.1, -0.05) is 0 Å². The molecule has 0 bridgehead atoms. The van der Waals surface area contributed by atoms with Gasteiger partial charge in [-0.3, -0.25) is 14.3 Å². The van der Waals surface area contributed by atoms with Gasteiger partial charge in [0.15, 0.2) is 5.78 Å². The van der Waals surface area contributed by atoms with E-state index in [9.17, 15) is 18.0 Å². The van der Waals surface area contributed by atoms with Crippen molar-refractivity contribution in [2.45, 2.75) is 31.6 Å². The molecule has 6 nitrogen and oxygen atoms in total. The van der Waals surface area contributed by atoms with Gasteiger partial charge >= 0.3 is 0 Å². The zero-order valence-corrected chi connectivity index (χ0v) is 15.5. The number of carbonyl (C=O) groups excluding carboxylic acids is 2. The van der Waals surface area contributed by atoms with Gasteiger partial charge in [0.05, 0.1) is 4.90 Å². The zero-order chi connectivity index (χ0) is 18.9. The standard InChI is InChI=1S/C19H20N2O4S/c1-13(22)15-5-7-17(8-6-15)20-26(24,25)18-9-10-19-16(12-18)4-3-11-21(19)14(2)23/h5-10,12,20H,3-4,11H2,1-2H3. The molecule has 1 amide bonds. The highest BCUT2D eigenvalue weighted by molar-refractivity contribution is 7.92. The summed E-state index contributed by atoms with van der Waals surface area (Å²) in [5, 5.41) is 0. The van der Waals surface area contributed by atoms with E-state index < -0.39 is 10.0 Å². The van der Waals surface area contributed by atoms with E-state index in [1.54, 1.807) is 41.3 Å². The van der Waals surface area contributed by atoms with E-state index in [4.69, 9.17) is 0 Å². The van der Waals surface area contributed by atoms with Gasteiger partial charge in [-0.25, -0.2) is 8.42 Å². The van der Waals surface area contributed by atoms with Crippen LogP contribution >= 0.6 is 0 Å². The molecule has 26 heavy (non-hydrogen) atoms. The lowest BCUT2D eigenvalue weighted by atomic mass is 10.0. The molecule has 0 unspecified atom stereocenters. The molecule has 0 aromatic heterocycles. The first-order chi connectivity index (χ1) is 12.3. The number of aryl methyl sites for hydroxylation is 1. The molecule has 2 aromatic rings. The van der Waals surface area contributed by atoms with E-state index in [1.807, 2.05) is 0 Å². The quantitative estimate of drug-likeness (QED) is 0.837. The fourth-order valence-corrected chi connectivity index (χ4v) is 4.16. The lowest BCUT2D eigenvalue weighted by Gasteiger charge is -2.28. The first-order valence-electron chi connectivity index (χ1n) is 8.33. The van der Waals surface area contributed by atoms with Crippen LogP contribution in [0, 0.1) is 0 Å². The molecule has 0 fully saturated rings. The van der Waals surface area contributed by atoms with Crippen molar-refractivity contribution in [3.05, 3.63) is 53.6 Å². The van der Waals surface area contributed by atoms with Crippen LogP contribution in [0.4, 0.5) is 11.4 Å². The van der Waals surface area contributed by atoms with Crippen LogP contribution in [0.3, 0.4) is 0 Å². The summed E-state index contributed by atoms with van der Waals surface area (Å²) < 4.78 is 27.8. The van der Waals surface area contributed by atoms with E-state index >= 15 is 0 Å². The third-order valence-corrected chi connectivity index (χ3v) is 5.78. The second-order valence-electron chi connectivity index (χ2n) is 6.30. The predicted octanol–water partition coefficient (Wildman–Crippen LogP) is 2.99. The first-order valence-corrected chi connectivity index (χ1v) is 9.81. The van der Waals surface area contributed by atoms with Gasteiger partial charge < -0.3 is 4.90 Å². The summed E-state index contributed by atoms with van der Waals surface area (Å²) in [5.74, 6) is -0.130. The third kappa shape index (κ3) is 3.62. The minimum atomic E-state index is -3.76. The van der Waals surface area contributed by atoms with Crippen LogP contribution in [0.1, 0.15) is 36.2 Å². The molecule has 3 rings (SSSR count). The monoisotopic (exact) mass is 372 g/mol. The minimum Gasteiger partial charge on any atom is -0.312 e. The maximum absolute atomic E-state index is 12.7. The SMILES string of the molecule is CC(=O)c1ccc(NS(=O)(=O)c2ccc3c(c2)CCCN3C(C)=O)cc1. The average Bonchev–Trinajstić information content (AvgIpc) is 2.60. The Morgan fingerprint density at radius 3 is 2.35 bits per heavy atom. The van der Waals surface area contributed by atoms with E-state index in [0.717, 1.165) is 24.1 Å². The minimum absolute atomic E-state index is 0.0507. The van der Waals surface area contributed by atoms with Crippen LogP contribution in [-0.2, 0) is 21.2 Å². The number of benzene rings is 2. The van der Waals surface area contributed by atoms with Crippen molar-refractivity contribution in [1.82, 2.24) is 0 Å². The van der Waals surface area contributed by atoms with E-state index in [2.05, 4.69) is 4.72 Å². The van der Waals surface area contributed by atoms with Crippen LogP contribution in [0.5, 0.6) is 0 Å². The third-order valence-electron chi connectivity index (χ3n) is 4.40. The first kappa shape index (κ1) is 18.1. The number of sulfonamides is 1. The number of fused-ring (bicyclic) bond motifs is 1. The summed E-state index contributed by atoms with van der Waals surface area (Å²) in [6.07, 6.45) is 1.53. The Morgan fingerprint density at radius 1 is 1.04 bits per heavy atom. The number of hydrogen-bond acceptors (Lipinski definition) is 4. The van der Waals surface area contributed by atoms with Gasteiger partial charge in [0.2, 0.25) is 5.91 Å². The molecule has 0 spiro atoms. The second kappa shape index (κ2) is 6.92. The second-order valence-corrected chi connectivity index (χ2v) is 7.99. The lowest BCUT2D eigenvalue weighted by Crippen LogP contribution is -2.33. The number of hydrogen-bond donors (Lipinski definition) is 1. The number of amides is 1. The molecule has 7 heteroatoms. The summed E-state index contributed by atoms with van der Waals surface area (Å²) in [6, 6.07) is 11.1. The van der Waals surface area contributed by atoms with Crippen LogP contribution in [0.2, 0.25) is 0 Å². The summed E-state index contributed by atoms with van der Waals surface area (Å²) in [4.78, 5) is 24.9. The number of nitrogens with zero attached hydrogens (tertiary/aromatic N) is 1. The maximum atomic E-state index is 12.7. The molecule has 0 saturated heterocycles. The van der Waals surface area contributed by atoms with Crippen molar-refractivity contribution in [3.63, 3.8) is 0 Å². The van der Waals surface area contributed by atoms with Crippen LogP contribution in [0.25, 0.3) is 0 Å². The zero-order valence-electron chi connectivity index (χ0n) is 14.7. The maximum Gasteiger partial charge on any atom is 0.261 e. The van der Waals surface area contributed by atoms with Crippen molar-refractivity contribution in [1.29, 1.82) is 0 Å². The number of rotatable bonds is 4. The fourth-order valence-electron chi connectivity index (χ4n) is 3.05. The highest BCUT2D eigenvalue weighted by Gasteiger charge is 2.23. The Hall–Kier alpha value is -2.67. The lowest BCUT2D eigenvalue weighted by molar-refractivity contribution is -0.116. The van der Waals surface area contributed by atoms with Gasteiger partial charge in [-0.2, -0.15) is 0 Å². The number of carbonyl (C=O) groups is 2. The van der Waals surface area contributed by atoms with Crippen LogP contribution in [-0.4, -0.2) is 26.7 Å². The van der Waals surface area contributed by atoms with Crippen molar-refractivity contribution >= 4 is 33.1 Å². The molecule has 136 valence electrons. The highest BCUT2D eigenvalue weighted by atomic mass is 32.2. The molecule has 0 atom stereocenters. The molecule has 1 heterocycles.